The van der Waals surface area contributed by atoms with Gasteiger partial charge in [0.1, 0.15) is 18.5 Å². The molecule has 0 aromatic heterocycles. The Morgan fingerprint density at radius 2 is 2.03 bits per heavy atom. The largest absolute Gasteiger partial charge is 0.491 e. The molecule has 3 N–H and O–H groups in total. The van der Waals surface area contributed by atoms with Crippen LogP contribution in [0.5, 0.6) is 5.75 Å². The third-order valence-corrected chi connectivity index (χ3v) is 6.32. The fraction of sp³-hybridized carbons (Fsp3) is 0.625. The number of aliphatic hydroxyl groups excluding tert-OH is 2. The van der Waals surface area contributed by atoms with Crippen LogP contribution < -0.4 is 4.74 Å². The van der Waals surface area contributed by atoms with Crippen LogP contribution in [-0.4, -0.2) is 52.8 Å². The number of unbranched alkanes of at least 4 members (excludes halogenated alkanes) is 1. The van der Waals surface area contributed by atoms with Gasteiger partial charge in [0.2, 0.25) is 0 Å². The zero-order valence-electron chi connectivity index (χ0n) is 17.4. The summed E-state index contributed by atoms with van der Waals surface area (Å²) in [5.74, 6) is 0.671. The van der Waals surface area contributed by atoms with Crippen molar-refractivity contribution in [3.63, 3.8) is 0 Å². The van der Waals surface area contributed by atoms with Crippen LogP contribution in [-0.2, 0) is 9.53 Å². The Hall–Kier alpha value is -1.89. The molecule has 0 unspecified atom stereocenters. The van der Waals surface area contributed by atoms with Crippen LogP contribution in [0, 0.1) is 17.8 Å². The molecule has 30 heavy (non-hydrogen) atoms. The van der Waals surface area contributed by atoms with Gasteiger partial charge in [-0.2, -0.15) is 0 Å². The number of aliphatic hydroxyl groups is 2. The highest BCUT2D eigenvalue weighted by molar-refractivity contribution is 5.66. The molecule has 0 bridgehead atoms. The van der Waals surface area contributed by atoms with E-state index >= 15 is 0 Å². The molecule has 0 radical (unpaired) electrons. The molecule has 6 heteroatoms. The number of hydrogen-bond donors (Lipinski definition) is 3. The third-order valence-electron chi connectivity index (χ3n) is 6.32. The minimum Gasteiger partial charge on any atom is -0.491 e. The first kappa shape index (κ1) is 22.8. The standard InChI is InChI=1S/C24H34O6/c25-18(16-29-19-7-2-1-3-8-19)11-13-20-21-12-10-17(6-4-5-9-24(27)28)15-30-23(21)14-22(20)26/h1-3,7-8,11,13,17-18,20-23,25-26H,4-6,9-10,12,14-16H2,(H,27,28)/b13-11+/t17-,18-,20-,21-,22-,23+/m1/s1. The lowest BCUT2D eigenvalue weighted by molar-refractivity contribution is -0.137. The van der Waals surface area contributed by atoms with Crippen LogP contribution in [0.15, 0.2) is 42.5 Å². The number of carbonyl (C=O) groups is 1. The molecule has 1 saturated carbocycles. The number of hydrogen-bond acceptors (Lipinski definition) is 5. The van der Waals surface area contributed by atoms with Gasteiger partial charge < -0.3 is 24.8 Å². The number of para-hydroxylation sites is 1. The maximum absolute atomic E-state index is 10.6. The van der Waals surface area contributed by atoms with Crippen molar-refractivity contribution in [1.82, 2.24) is 0 Å². The van der Waals surface area contributed by atoms with E-state index in [-0.39, 0.29) is 31.0 Å². The van der Waals surface area contributed by atoms with Gasteiger partial charge in [0, 0.05) is 25.4 Å². The van der Waals surface area contributed by atoms with Gasteiger partial charge in [0.25, 0.3) is 0 Å². The van der Waals surface area contributed by atoms with E-state index in [1.807, 2.05) is 36.4 Å². The van der Waals surface area contributed by atoms with E-state index in [4.69, 9.17) is 14.6 Å². The van der Waals surface area contributed by atoms with Gasteiger partial charge in [-0.05, 0) is 49.7 Å². The first-order valence-electron chi connectivity index (χ1n) is 11.1. The molecule has 1 aromatic carbocycles. The molecule has 1 saturated heterocycles. The predicted molar refractivity (Wildman–Crippen MR) is 113 cm³/mol. The lowest BCUT2D eigenvalue weighted by Gasteiger charge is -2.21. The molecule has 2 fully saturated rings. The van der Waals surface area contributed by atoms with Crippen molar-refractivity contribution in [2.45, 2.75) is 63.3 Å². The second kappa shape index (κ2) is 11.5. The van der Waals surface area contributed by atoms with E-state index in [1.165, 1.54) is 0 Å². The average Bonchev–Trinajstić information content (AvgIpc) is 2.90. The lowest BCUT2D eigenvalue weighted by Crippen LogP contribution is -2.22. The Labute approximate surface area is 178 Å². The first-order valence-corrected chi connectivity index (χ1v) is 11.1. The third kappa shape index (κ3) is 6.83. The van der Waals surface area contributed by atoms with Gasteiger partial charge in [-0.15, -0.1) is 0 Å². The smallest absolute Gasteiger partial charge is 0.303 e. The highest BCUT2D eigenvalue weighted by Gasteiger charge is 2.43. The molecule has 1 aliphatic carbocycles. The molecule has 166 valence electrons. The minimum atomic E-state index is -0.735. The van der Waals surface area contributed by atoms with E-state index < -0.39 is 18.2 Å². The summed E-state index contributed by atoms with van der Waals surface area (Å²) in [6.07, 6.45) is 8.02. The first-order chi connectivity index (χ1) is 14.5. The fourth-order valence-corrected chi connectivity index (χ4v) is 4.66. The molecule has 2 aliphatic rings. The summed E-state index contributed by atoms with van der Waals surface area (Å²) in [5.41, 5.74) is 0. The second-order valence-corrected chi connectivity index (χ2v) is 8.58. The summed E-state index contributed by atoms with van der Waals surface area (Å²) in [6.45, 7) is 0.858. The molecule has 6 nitrogen and oxygen atoms in total. The molecule has 1 aliphatic heterocycles. The monoisotopic (exact) mass is 418 g/mol. The minimum absolute atomic E-state index is 0.0212. The number of aliphatic carboxylic acids is 1. The van der Waals surface area contributed by atoms with Crippen LogP contribution in [0.1, 0.15) is 44.9 Å². The van der Waals surface area contributed by atoms with Crippen molar-refractivity contribution in [3.8, 4) is 5.75 Å². The van der Waals surface area contributed by atoms with Gasteiger partial charge in [-0.1, -0.05) is 36.8 Å². The topological polar surface area (TPSA) is 96.2 Å². The SMILES string of the molecule is O=C(O)CCCC[C@@H]1CC[C@@H]2[C@@H](/C=C/[C@@H](O)COc3ccccc3)[C@H](O)C[C@@H]2OC1. The molecule has 1 aromatic rings. The maximum atomic E-state index is 10.6. The number of benzene rings is 1. The van der Waals surface area contributed by atoms with Gasteiger partial charge in [0.05, 0.1) is 12.2 Å². The summed E-state index contributed by atoms with van der Waals surface area (Å²) >= 11 is 0. The quantitative estimate of drug-likeness (QED) is 0.398. The van der Waals surface area contributed by atoms with Crippen LogP contribution in [0.25, 0.3) is 0 Å². The van der Waals surface area contributed by atoms with Crippen molar-refractivity contribution in [1.29, 1.82) is 0 Å². The van der Waals surface area contributed by atoms with Gasteiger partial charge in [0.15, 0.2) is 0 Å². The summed E-state index contributed by atoms with van der Waals surface area (Å²) < 4.78 is 11.7. The van der Waals surface area contributed by atoms with Gasteiger partial charge in [-0.3, -0.25) is 4.79 Å². The normalized spacial score (nSPS) is 30.0. The molecule has 1 heterocycles. The Bertz CT molecular complexity index is 676. The summed E-state index contributed by atoms with van der Waals surface area (Å²) in [6, 6.07) is 9.39. The second-order valence-electron chi connectivity index (χ2n) is 8.58. The molecule has 6 atom stereocenters. The molecule has 0 spiro atoms. The predicted octanol–water partition coefficient (Wildman–Crippen LogP) is 3.42. The van der Waals surface area contributed by atoms with Crippen molar-refractivity contribution in [3.05, 3.63) is 42.5 Å². The maximum Gasteiger partial charge on any atom is 0.303 e. The number of rotatable bonds is 10. The van der Waals surface area contributed by atoms with E-state index in [2.05, 4.69) is 0 Å². The van der Waals surface area contributed by atoms with E-state index in [1.54, 1.807) is 6.08 Å². The summed E-state index contributed by atoms with van der Waals surface area (Å²) in [7, 11) is 0. The number of fused-ring (bicyclic) bond motifs is 1. The van der Waals surface area contributed by atoms with E-state index in [9.17, 15) is 15.0 Å². The van der Waals surface area contributed by atoms with E-state index in [0.717, 1.165) is 31.4 Å². The van der Waals surface area contributed by atoms with Crippen molar-refractivity contribution in [2.75, 3.05) is 13.2 Å². The van der Waals surface area contributed by atoms with Crippen LogP contribution in [0.4, 0.5) is 0 Å². The molecule has 0 amide bonds. The summed E-state index contributed by atoms with van der Waals surface area (Å²) in [5, 5.41) is 29.5. The molecular weight excluding hydrogens is 384 g/mol. The Morgan fingerprint density at radius 3 is 2.80 bits per heavy atom. The zero-order chi connectivity index (χ0) is 21.3. The van der Waals surface area contributed by atoms with Gasteiger partial charge in [-0.25, -0.2) is 0 Å². The molecule has 3 rings (SSSR count). The van der Waals surface area contributed by atoms with Crippen molar-refractivity contribution in [2.24, 2.45) is 17.8 Å². The van der Waals surface area contributed by atoms with Crippen molar-refractivity contribution >= 4 is 5.97 Å². The Morgan fingerprint density at radius 1 is 1.23 bits per heavy atom. The van der Waals surface area contributed by atoms with Crippen molar-refractivity contribution < 1.29 is 29.6 Å². The highest BCUT2D eigenvalue weighted by Crippen LogP contribution is 2.42. The zero-order valence-corrected chi connectivity index (χ0v) is 17.4. The number of carboxylic acids is 1. The average molecular weight is 419 g/mol. The summed E-state index contributed by atoms with van der Waals surface area (Å²) in [4.78, 5) is 10.6. The van der Waals surface area contributed by atoms with E-state index in [0.29, 0.717) is 25.4 Å². The van der Waals surface area contributed by atoms with Gasteiger partial charge >= 0.3 is 5.97 Å². The van der Waals surface area contributed by atoms with Crippen LogP contribution in [0.3, 0.4) is 0 Å². The van der Waals surface area contributed by atoms with Crippen LogP contribution >= 0.6 is 0 Å². The van der Waals surface area contributed by atoms with Crippen LogP contribution in [0.2, 0.25) is 0 Å². The number of carboxylic acid groups (broad SMARTS) is 1. The lowest BCUT2D eigenvalue weighted by atomic mass is 9.86. The highest BCUT2D eigenvalue weighted by atomic mass is 16.5. The fourth-order valence-electron chi connectivity index (χ4n) is 4.66. The molecular formula is C24H34O6. The number of ether oxygens (including phenoxy) is 2. The Kier molecular flexibility index (Phi) is 8.73. The Balaban J connectivity index is 1.46.